The van der Waals surface area contributed by atoms with E-state index >= 15 is 0 Å². The lowest BCUT2D eigenvalue weighted by molar-refractivity contribution is -0.119. The van der Waals surface area contributed by atoms with Gasteiger partial charge in [-0.1, -0.05) is 6.92 Å². The average Bonchev–Trinajstić information content (AvgIpc) is 2.33. The minimum absolute atomic E-state index is 0.0723. The van der Waals surface area contributed by atoms with E-state index in [-0.39, 0.29) is 11.4 Å². The van der Waals surface area contributed by atoms with E-state index in [0.717, 1.165) is 12.8 Å². The molecule has 0 aromatic carbocycles. The maximum Gasteiger partial charge on any atom is 0.220 e. The Morgan fingerprint density at radius 1 is 1.80 bits per heavy atom. The first-order chi connectivity index (χ1) is 4.72. The second-order valence-electron chi connectivity index (χ2n) is 2.89. The molecule has 1 aliphatic heterocycles. The number of hydrogen-bond acceptors (Lipinski definition) is 2. The van der Waals surface area contributed by atoms with E-state index in [2.05, 4.69) is 12.2 Å². The maximum absolute atomic E-state index is 10.8. The van der Waals surface area contributed by atoms with Gasteiger partial charge in [0.15, 0.2) is 0 Å². The van der Waals surface area contributed by atoms with Gasteiger partial charge in [0.1, 0.15) is 0 Å². The number of nitrogens with two attached hydrogens (primary N) is 1. The lowest BCUT2D eigenvalue weighted by atomic mass is 9.95. The molecule has 58 valence electrons. The molecule has 0 saturated carbocycles. The first-order valence-electron chi connectivity index (χ1n) is 3.73. The molecule has 10 heavy (non-hydrogen) atoms. The predicted molar refractivity (Wildman–Crippen MR) is 39.5 cm³/mol. The van der Waals surface area contributed by atoms with Crippen LogP contribution in [0, 0.1) is 0 Å². The Labute approximate surface area is 61.0 Å². The topological polar surface area (TPSA) is 55.1 Å². The van der Waals surface area contributed by atoms with E-state index in [1.807, 2.05) is 0 Å². The van der Waals surface area contributed by atoms with Crippen molar-refractivity contribution in [1.29, 1.82) is 0 Å². The summed E-state index contributed by atoms with van der Waals surface area (Å²) in [7, 11) is 0. The fourth-order valence-corrected chi connectivity index (χ4v) is 1.34. The molecular weight excluding hydrogens is 128 g/mol. The highest BCUT2D eigenvalue weighted by molar-refractivity contribution is 5.79. The van der Waals surface area contributed by atoms with E-state index < -0.39 is 0 Å². The van der Waals surface area contributed by atoms with Gasteiger partial charge >= 0.3 is 0 Å². The van der Waals surface area contributed by atoms with Gasteiger partial charge in [-0.15, -0.1) is 0 Å². The summed E-state index contributed by atoms with van der Waals surface area (Å²) in [6.45, 7) is 2.62. The van der Waals surface area contributed by atoms with Crippen molar-refractivity contribution in [2.45, 2.75) is 31.7 Å². The van der Waals surface area contributed by atoms with Gasteiger partial charge in [0.05, 0.1) is 5.54 Å². The van der Waals surface area contributed by atoms with Gasteiger partial charge < -0.3 is 11.1 Å². The summed E-state index contributed by atoms with van der Waals surface area (Å²) in [5.74, 6) is 0.146. The molecule has 3 N–H and O–H groups in total. The van der Waals surface area contributed by atoms with Crippen molar-refractivity contribution in [3.05, 3.63) is 0 Å². The van der Waals surface area contributed by atoms with E-state index in [1.165, 1.54) is 0 Å². The van der Waals surface area contributed by atoms with Crippen LogP contribution in [-0.2, 0) is 4.79 Å². The van der Waals surface area contributed by atoms with Crippen LogP contribution in [0.5, 0.6) is 0 Å². The molecule has 0 aromatic heterocycles. The summed E-state index contributed by atoms with van der Waals surface area (Å²) in [5.41, 5.74) is 5.45. The fourth-order valence-electron chi connectivity index (χ4n) is 1.34. The van der Waals surface area contributed by atoms with Crippen LogP contribution < -0.4 is 11.1 Å². The van der Waals surface area contributed by atoms with Gasteiger partial charge in [-0.2, -0.15) is 0 Å². The second-order valence-corrected chi connectivity index (χ2v) is 2.89. The van der Waals surface area contributed by atoms with E-state index in [4.69, 9.17) is 5.73 Å². The zero-order chi connectivity index (χ0) is 7.61. The normalized spacial score (nSPS) is 32.4. The number of carbonyl (C=O) groups excluding carboxylic acids is 1. The van der Waals surface area contributed by atoms with Crippen LogP contribution in [0.15, 0.2) is 0 Å². The van der Waals surface area contributed by atoms with Gasteiger partial charge in [-0.25, -0.2) is 0 Å². The number of hydrogen-bond donors (Lipinski definition) is 2. The molecule has 1 fully saturated rings. The molecule has 1 aliphatic rings. The zero-order valence-corrected chi connectivity index (χ0v) is 6.31. The Hall–Kier alpha value is -0.570. The fraction of sp³-hybridized carbons (Fsp3) is 0.857. The highest BCUT2D eigenvalue weighted by Gasteiger charge is 2.34. The molecule has 1 saturated heterocycles. The zero-order valence-electron chi connectivity index (χ0n) is 6.31. The van der Waals surface area contributed by atoms with Crippen LogP contribution in [0.4, 0.5) is 0 Å². The molecule has 0 radical (unpaired) electrons. The van der Waals surface area contributed by atoms with Crippen LogP contribution >= 0.6 is 0 Å². The molecule has 3 nitrogen and oxygen atoms in total. The van der Waals surface area contributed by atoms with E-state index in [9.17, 15) is 4.79 Å². The third-order valence-corrected chi connectivity index (χ3v) is 2.30. The summed E-state index contributed by atoms with van der Waals surface area (Å²) in [6.07, 6.45) is 2.49. The van der Waals surface area contributed by atoms with Crippen molar-refractivity contribution in [1.82, 2.24) is 5.32 Å². The Bertz CT molecular complexity index is 141. The van der Waals surface area contributed by atoms with Crippen LogP contribution in [-0.4, -0.2) is 18.0 Å². The molecule has 0 aromatic rings. The average molecular weight is 142 g/mol. The minimum atomic E-state index is -0.0723. The lowest BCUT2D eigenvalue weighted by Crippen LogP contribution is -2.47. The SMILES string of the molecule is CCC1(CN)CCC(=O)N1. The number of amides is 1. The first-order valence-corrected chi connectivity index (χ1v) is 3.73. The number of rotatable bonds is 2. The molecule has 0 aliphatic carbocycles. The smallest absolute Gasteiger partial charge is 0.220 e. The number of nitrogens with one attached hydrogen (secondary N) is 1. The van der Waals surface area contributed by atoms with Crippen LogP contribution in [0.25, 0.3) is 0 Å². The second kappa shape index (κ2) is 2.58. The van der Waals surface area contributed by atoms with Crippen molar-refractivity contribution in [2.24, 2.45) is 5.73 Å². The summed E-state index contributed by atoms with van der Waals surface area (Å²) in [6, 6.07) is 0. The van der Waals surface area contributed by atoms with Crippen molar-refractivity contribution in [3.63, 3.8) is 0 Å². The van der Waals surface area contributed by atoms with Crippen molar-refractivity contribution in [2.75, 3.05) is 6.54 Å². The molecule has 3 heteroatoms. The maximum atomic E-state index is 10.8. The minimum Gasteiger partial charge on any atom is -0.349 e. The van der Waals surface area contributed by atoms with E-state index in [1.54, 1.807) is 0 Å². The Balaban J connectivity index is 2.59. The predicted octanol–water partition coefficient (Wildman–Crippen LogP) is 0.00390. The largest absolute Gasteiger partial charge is 0.349 e. The summed E-state index contributed by atoms with van der Waals surface area (Å²) < 4.78 is 0. The van der Waals surface area contributed by atoms with Gasteiger partial charge in [-0.05, 0) is 12.8 Å². The molecular formula is C7H14N2O. The van der Waals surface area contributed by atoms with Crippen molar-refractivity contribution < 1.29 is 4.79 Å². The van der Waals surface area contributed by atoms with Gasteiger partial charge in [0, 0.05) is 13.0 Å². The van der Waals surface area contributed by atoms with E-state index in [0.29, 0.717) is 13.0 Å². The standard InChI is InChI=1S/C7H14N2O/c1-2-7(5-8)4-3-6(10)9-7/h2-5,8H2,1H3,(H,9,10). The Kier molecular flexibility index (Phi) is 1.94. The Morgan fingerprint density at radius 3 is 2.70 bits per heavy atom. The van der Waals surface area contributed by atoms with Crippen LogP contribution in [0.3, 0.4) is 0 Å². The number of carbonyl (C=O) groups is 1. The van der Waals surface area contributed by atoms with Crippen molar-refractivity contribution in [3.8, 4) is 0 Å². The third kappa shape index (κ3) is 1.14. The van der Waals surface area contributed by atoms with Crippen molar-refractivity contribution >= 4 is 5.91 Å². The molecule has 1 amide bonds. The lowest BCUT2D eigenvalue weighted by Gasteiger charge is -2.25. The molecule has 1 heterocycles. The van der Waals surface area contributed by atoms with Gasteiger partial charge in [0.25, 0.3) is 0 Å². The molecule has 0 bridgehead atoms. The molecule has 1 unspecified atom stereocenters. The third-order valence-electron chi connectivity index (χ3n) is 2.30. The highest BCUT2D eigenvalue weighted by atomic mass is 16.2. The molecule has 1 atom stereocenters. The van der Waals surface area contributed by atoms with Crippen LogP contribution in [0.1, 0.15) is 26.2 Å². The van der Waals surface area contributed by atoms with Gasteiger partial charge in [-0.3, -0.25) is 4.79 Å². The van der Waals surface area contributed by atoms with Gasteiger partial charge in [0.2, 0.25) is 5.91 Å². The summed E-state index contributed by atoms with van der Waals surface area (Å²) in [4.78, 5) is 10.8. The quantitative estimate of drug-likeness (QED) is 0.570. The first kappa shape index (κ1) is 7.54. The monoisotopic (exact) mass is 142 g/mol. The molecule has 0 spiro atoms. The molecule has 1 rings (SSSR count). The Morgan fingerprint density at radius 2 is 2.50 bits per heavy atom. The summed E-state index contributed by atoms with van der Waals surface area (Å²) in [5, 5.41) is 2.90. The van der Waals surface area contributed by atoms with Crippen LogP contribution in [0.2, 0.25) is 0 Å². The highest BCUT2D eigenvalue weighted by Crippen LogP contribution is 2.21. The summed E-state index contributed by atoms with van der Waals surface area (Å²) >= 11 is 0.